The summed E-state index contributed by atoms with van der Waals surface area (Å²) in [5.41, 5.74) is 5.65. The number of ether oxygens (including phenoxy) is 1. The third-order valence-electron chi connectivity index (χ3n) is 1.92. The Morgan fingerprint density at radius 3 is 2.88 bits per heavy atom. The Morgan fingerprint density at radius 1 is 1.47 bits per heavy atom. The molecule has 0 radical (unpaired) electrons. The van der Waals surface area contributed by atoms with E-state index in [0.717, 1.165) is 5.56 Å². The number of carbonyl (C=O) groups excluding carboxylic acids is 1. The summed E-state index contributed by atoms with van der Waals surface area (Å²) in [6.07, 6.45) is 0. The number of nitrogens with two attached hydrogens (primary N) is 1. The molecule has 3 N–H and O–H groups in total. The second-order valence-corrected chi connectivity index (χ2v) is 3.91. The van der Waals surface area contributed by atoms with Crippen LogP contribution in [-0.4, -0.2) is 25.7 Å². The van der Waals surface area contributed by atoms with Gasteiger partial charge in [-0.3, -0.25) is 4.79 Å². The molecule has 94 valence electrons. The van der Waals surface area contributed by atoms with Crippen LogP contribution in [-0.2, 0) is 16.1 Å². The summed E-state index contributed by atoms with van der Waals surface area (Å²) in [6, 6.07) is 4.34. The smallest absolute Gasteiger partial charge is 0.243 e. The van der Waals surface area contributed by atoms with Crippen LogP contribution in [0.5, 0.6) is 0 Å². The molecule has 1 rings (SSSR count). The summed E-state index contributed by atoms with van der Waals surface area (Å²) in [5.74, 6) is -0.860. The van der Waals surface area contributed by atoms with Crippen LogP contribution >= 0.6 is 11.6 Å². The predicted molar refractivity (Wildman–Crippen MR) is 63.1 cm³/mol. The van der Waals surface area contributed by atoms with Gasteiger partial charge in [0.15, 0.2) is 0 Å². The van der Waals surface area contributed by atoms with Crippen molar-refractivity contribution in [3.63, 3.8) is 0 Å². The van der Waals surface area contributed by atoms with Crippen LogP contribution in [0.1, 0.15) is 5.56 Å². The Labute approximate surface area is 104 Å². The molecule has 0 bridgehead atoms. The first-order chi connectivity index (χ1) is 8.08. The molecule has 17 heavy (non-hydrogen) atoms. The van der Waals surface area contributed by atoms with Crippen molar-refractivity contribution in [3.8, 4) is 0 Å². The Bertz CT molecular complexity index is 367. The van der Waals surface area contributed by atoms with Gasteiger partial charge in [-0.05, 0) is 23.8 Å². The van der Waals surface area contributed by atoms with E-state index in [1.807, 2.05) is 0 Å². The summed E-state index contributed by atoms with van der Waals surface area (Å²) >= 11 is 5.70. The van der Waals surface area contributed by atoms with Gasteiger partial charge in [0.2, 0.25) is 5.91 Å². The van der Waals surface area contributed by atoms with Crippen LogP contribution in [0, 0.1) is 5.82 Å². The van der Waals surface area contributed by atoms with E-state index in [1.54, 1.807) is 6.07 Å². The molecule has 0 aromatic heterocycles. The van der Waals surface area contributed by atoms with E-state index in [-0.39, 0.29) is 12.4 Å². The van der Waals surface area contributed by atoms with Crippen LogP contribution in [0.3, 0.4) is 0 Å². The zero-order valence-electron chi connectivity index (χ0n) is 9.21. The van der Waals surface area contributed by atoms with E-state index < -0.39 is 5.91 Å². The molecule has 0 aliphatic heterocycles. The number of halogens is 2. The van der Waals surface area contributed by atoms with Crippen molar-refractivity contribution in [1.82, 2.24) is 5.32 Å². The molecule has 0 atom stereocenters. The molecule has 6 heteroatoms. The zero-order chi connectivity index (χ0) is 12.7. The molecule has 0 aliphatic carbocycles. The lowest BCUT2D eigenvalue weighted by Crippen LogP contribution is -2.23. The maximum absolute atomic E-state index is 13.0. The van der Waals surface area contributed by atoms with E-state index in [4.69, 9.17) is 22.1 Å². The van der Waals surface area contributed by atoms with Crippen molar-refractivity contribution in [1.29, 1.82) is 0 Å². The predicted octanol–water partition coefficient (Wildman–Crippen LogP) is 1.07. The van der Waals surface area contributed by atoms with Gasteiger partial charge in [0.05, 0.1) is 6.61 Å². The zero-order valence-corrected chi connectivity index (χ0v) is 9.97. The number of rotatable bonds is 7. The average Bonchev–Trinajstić information content (AvgIpc) is 2.21. The lowest BCUT2D eigenvalue weighted by molar-refractivity contribution is -0.122. The van der Waals surface area contributed by atoms with Gasteiger partial charge in [0.1, 0.15) is 12.4 Å². The van der Waals surface area contributed by atoms with Crippen molar-refractivity contribution >= 4 is 17.5 Å². The summed E-state index contributed by atoms with van der Waals surface area (Å²) in [4.78, 5) is 10.3. The standard InChI is InChI=1S/C11H14ClFN2O2/c12-9-3-8(4-10(13)5-9)6-15-1-2-17-7-11(14)16/h3-5,15H,1-2,6-7H2,(H2,14,16). The Hall–Kier alpha value is -1.17. The maximum Gasteiger partial charge on any atom is 0.243 e. The first-order valence-electron chi connectivity index (χ1n) is 5.09. The second kappa shape index (κ2) is 7.21. The highest BCUT2D eigenvalue weighted by Crippen LogP contribution is 2.13. The molecule has 0 fully saturated rings. The summed E-state index contributed by atoms with van der Waals surface area (Å²) in [5, 5.41) is 3.39. The van der Waals surface area contributed by atoms with Gasteiger partial charge in [0.25, 0.3) is 0 Å². The minimum atomic E-state index is -0.498. The Kier molecular flexibility index (Phi) is 5.90. The molecule has 0 spiro atoms. The third kappa shape index (κ3) is 6.21. The molecule has 0 aliphatic rings. The van der Waals surface area contributed by atoms with Crippen LogP contribution in [0.15, 0.2) is 18.2 Å². The fourth-order valence-corrected chi connectivity index (χ4v) is 1.51. The summed E-state index contributed by atoms with van der Waals surface area (Å²) < 4.78 is 17.9. The van der Waals surface area contributed by atoms with Crippen molar-refractivity contribution in [3.05, 3.63) is 34.6 Å². The summed E-state index contributed by atoms with van der Waals surface area (Å²) in [6.45, 7) is 1.30. The number of carbonyl (C=O) groups is 1. The van der Waals surface area contributed by atoms with E-state index in [2.05, 4.69) is 5.32 Å². The third-order valence-corrected chi connectivity index (χ3v) is 2.14. The van der Waals surface area contributed by atoms with Gasteiger partial charge in [-0.2, -0.15) is 0 Å². The molecule has 0 saturated carbocycles. The van der Waals surface area contributed by atoms with Gasteiger partial charge < -0.3 is 15.8 Å². The maximum atomic E-state index is 13.0. The Balaban J connectivity index is 2.20. The molecule has 0 unspecified atom stereocenters. The van der Waals surface area contributed by atoms with Crippen LogP contribution in [0.25, 0.3) is 0 Å². The lowest BCUT2D eigenvalue weighted by atomic mass is 10.2. The highest BCUT2D eigenvalue weighted by atomic mass is 35.5. The average molecular weight is 261 g/mol. The molecule has 0 saturated heterocycles. The van der Waals surface area contributed by atoms with Crippen LogP contribution in [0.2, 0.25) is 5.02 Å². The number of hydrogen-bond acceptors (Lipinski definition) is 3. The molecule has 1 aromatic carbocycles. The monoisotopic (exact) mass is 260 g/mol. The first kappa shape index (κ1) is 13.9. The fraction of sp³-hybridized carbons (Fsp3) is 0.364. The normalized spacial score (nSPS) is 10.5. The minimum Gasteiger partial charge on any atom is -0.370 e. The van der Waals surface area contributed by atoms with Gasteiger partial charge in [-0.15, -0.1) is 0 Å². The molecular weight excluding hydrogens is 247 g/mol. The van der Waals surface area contributed by atoms with Crippen LogP contribution < -0.4 is 11.1 Å². The van der Waals surface area contributed by atoms with E-state index in [0.29, 0.717) is 24.7 Å². The highest BCUT2D eigenvalue weighted by Gasteiger charge is 1.99. The van der Waals surface area contributed by atoms with Gasteiger partial charge >= 0.3 is 0 Å². The second-order valence-electron chi connectivity index (χ2n) is 3.47. The summed E-state index contributed by atoms with van der Waals surface area (Å²) in [7, 11) is 0. The molecule has 1 aromatic rings. The van der Waals surface area contributed by atoms with Gasteiger partial charge in [0, 0.05) is 18.1 Å². The first-order valence-corrected chi connectivity index (χ1v) is 5.47. The SMILES string of the molecule is NC(=O)COCCNCc1cc(F)cc(Cl)c1. The molecule has 4 nitrogen and oxygen atoms in total. The number of amides is 1. The molecule has 0 heterocycles. The number of primary amides is 1. The fourth-order valence-electron chi connectivity index (χ4n) is 1.26. The largest absolute Gasteiger partial charge is 0.370 e. The van der Waals surface area contributed by atoms with Gasteiger partial charge in [-0.25, -0.2) is 4.39 Å². The minimum absolute atomic E-state index is 0.0898. The molecule has 1 amide bonds. The van der Waals surface area contributed by atoms with E-state index >= 15 is 0 Å². The van der Waals surface area contributed by atoms with Crippen LogP contribution in [0.4, 0.5) is 4.39 Å². The Morgan fingerprint density at radius 2 is 2.24 bits per heavy atom. The highest BCUT2D eigenvalue weighted by molar-refractivity contribution is 6.30. The molecular formula is C11H14ClFN2O2. The number of hydrogen-bond donors (Lipinski definition) is 2. The van der Waals surface area contributed by atoms with Crippen molar-refractivity contribution < 1.29 is 13.9 Å². The quantitative estimate of drug-likeness (QED) is 0.721. The van der Waals surface area contributed by atoms with Crippen molar-refractivity contribution in [2.45, 2.75) is 6.54 Å². The van der Waals surface area contributed by atoms with E-state index in [9.17, 15) is 9.18 Å². The number of nitrogens with one attached hydrogen (secondary N) is 1. The topological polar surface area (TPSA) is 64.4 Å². The van der Waals surface area contributed by atoms with Crippen molar-refractivity contribution in [2.75, 3.05) is 19.8 Å². The number of benzene rings is 1. The lowest BCUT2D eigenvalue weighted by Gasteiger charge is -2.06. The van der Waals surface area contributed by atoms with E-state index in [1.165, 1.54) is 12.1 Å². The van der Waals surface area contributed by atoms with Gasteiger partial charge in [-0.1, -0.05) is 11.6 Å². The van der Waals surface area contributed by atoms with Crippen molar-refractivity contribution in [2.24, 2.45) is 5.73 Å².